The second-order valence-electron chi connectivity index (χ2n) is 8.17. The largest absolute Gasteiger partial charge is 0.454 e. The van der Waals surface area contributed by atoms with Gasteiger partial charge >= 0.3 is 0 Å². The van der Waals surface area contributed by atoms with E-state index in [-0.39, 0.29) is 12.6 Å². The van der Waals surface area contributed by atoms with Gasteiger partial charge in [0.2, 0.25) is 6.79 Å². The number of allylic oxidation sites excluding steroid dienone is 3. The lowest BCUT2D eigenvalue weighted by molar-refractivity contribution is -0.116. The lowest BCUT2D eigenvalue weighted by atomic mass is 9.75. The number of carbonyl (C=O) groups is 1. The van der Waals surface area contributed by atoms with Gasteiger partial charge in [-0.15, -0.1) is 0 Å². The Morgan fingerprint density at radius 3 is 2.70 bits per heavy atom. The highest BCUT2D eigenvalue weighted by Crippen LogP contribution is 2.49. The van der Waals surface area contributed by atoms with E-state index >= 15 is 0 Å². The molecule has 33 heavy (non-hydrogen) atoms. The van der Waals surface area contributed by atoms with Crippen molar-refractivity contribution in [2.24, 2.45) is 0 Å². The Morgan fingerprint density at radius 1 is 1.06 bits per heavy atom. The van der Waals surface area contributed by atoms with Crippen LogP contribution in [-0.4, -0.2) is 22.1 Å². The van der Waals surface area contributed by atoms with Gasteiger partial charge in [0.05, 0.1) is 29.4 Å². The number of pyridine rings is 1. The Balaban J connectivity index is 1.65. The number of hydrogen-bond donors (Lipinski definition) is 0. The average molecular weight is 436 g/mol. The summed E-state index contributed by atoms with van der Waals surface area (Å²) in [7, 11) is 0. The summed E-state index contributed by atoms with van der Waals surface area (Å²) in [6, 6.07) is 15.8. The Hall–Kier alpha value is -4.31. The van der Waals surface area contributed by atoms with Gasteiger partial charge in [0.1, 0.15) is 5.82 Å². The van der Waals surface area contributed by atoms with Gasteiger partial charge in [-0.05, 0) is 54.8 Å². The number of nitriles is 1. The van der Waals surface area contributed by atoms with Crippen molar-refractivity contribution in [1.82, 2.24) is 9.55 Å². The lowest BCUT2D eigenvalue weighted by Gasteiger charge is -2.41. The van der Waals surface area contributed by atoms with Crippen LogP contribution in [0, 0.1) is 11.3 Å². The Kier molecular flexibility index (Phi) is 4.51. The maximum Gasteiger partial charge on any atom is 0.231 e. The molecule has 0 N–H and O–H groups in total. The molecule has 0 radical (unpaired) electrons. The third kappa shape index (κ3) is 3.03. The van der Waals surface area contributed by atoms with Gasteiger partial charge < -0.3 is 14.0 Å². The third-order valence-corrected chi connectivity index (χ3v) is 6.33. The number of aromatic nitrogens is 2. The summed E-state index contributed by atoms with van der Waals surface area (Å²) in [6.45, 7) is 0.167. The summed E-state index contributed by atoms with van der Waals surface area (Å²) >= 11 is 0. The molecule has 7 heteroatoms. The average Bonchev–Trinajstić information content (AvgIpc) is 3.55. The van der Waals surface area contributed by atoms with Crippen molar-refractivity contribution in [3.8, 4) is 17.6 Å². The molecule has 1 aromatic carbocycles. The fraction of sp³-hybridized carbons (Fsp3) is 0.192. The van der Waals surface area contributed by atoms with Crippen molar-refractivity contribution in [3.05, 3.63) is 89.7 Å². The maximum atomic E-state index is 13.4. The first-order chi connectivity index (χ1) is 16.3. The van der Waals surface area contributed by atoms with Crippen molar-refractivity contribution in [2.75, 3.05) is 11.7 Å². The molecule has 4 heterocycles. The highest BCUT2D eigenvalue weighted by Gasteiger charge is 2.42. The Labute approximate surface area is 190 Å². The van der Waals surface area contributed by atoms with Crippen LogP contribution in [0.25, 0.3) is 5.82 Å². The number of carbonyl (C=O) groups excluding carboxylic acids is 1. The molecule has 0 bridgehead atoms. The van der Waals surface area contributed by atoms with Gasteiger partial charge in [-0.3, -0.25) is 14.7 Å². The van der Waals surface area contributed by atoms with Crippen LogP contribution in [0.15, 0.2) is 84.1 Å². The van der Waals surface area contributed by atoms with E-state index in [0.717, 1.165) is 29.8 Å². The van der Waals surface area contributed by atoms with Crippen LogP contribution >= 0.6 is 0 Å². The van der Waals surface area contributed by atoms with Crippen molar-refractivity contribution in [1.29, 1.82) is 5.26 Å². The summed E-state index contributed by atoms with van der Waals surface area (Å²) in [4.78, 5) is 19.7. The molecule has 7 nitrogen and oxygen atoms in total. The number of ketones is 1. The minimum absolute atomic E-state index is 0.0760. The number of rotatable bonds is 3. The number of hydrogen-bond acceptors (Lipinski definition) is 6. The predicted octanol–water partition coefficient (Wildman–Crippen LogP) is 4.62. The maximum absolute atomic E-state index is 13.4. The van der Waals surface area contributed by atoms with E-state index in [0.29, 0.717) is 34.9 Å². The Bertz CT molecular complexity index is 1350. The molecule has 3 aliphatic rings. The van der Waals surface area contributed by atoms with E-state index in [1.54, 1.807) is 12.4 Å². The normalized spacial score (nSPS) is 19.5. The molecule has 3 aromatic rings. The monoisotopic (exact) mass is 436 g/mol. The number of Topliss-reactive ketones (excluding diaryl/α,β-unsaturated/α-hetero) is 1. The zero-order valence-corrected chi connectivity index (χ0v) is 17.8. The summed E-state index contributed by atoms with van der Waals surface area (Å²) in [5, 5.41) is 10.5. The van der Waals surface area contributed by atoms with E-state index < -0.39 is 5.92 Å². The number of fused-ring (bicyclic) bond motifs is 1. The molecule has 162 valence electrons. The fourth-order valence-electron chi connectivity index (χ4n) is 4.96. The first kappa shape index (κ1) is 19.4. The lowest BCUT2D eigenvalue weighted by Crippen LogP contribution is -2.36. The zero-order valence-electron chi connectivity index (χ0n) is 17.8. The van der Waals surface area contributed by atoms with Gasteiger partial charge in [-0.1, -0.05) is 6.07 Å². The molecule has 2 aromatic heterocycles. The van der Waals surface area contributed by atoms with Gasteiger partial charge in [0, 0.05) is 36.3 Å². The van der Waals surface area contributed by atoms with Crippen molar-refractivity contribution >= 4 is 17.3 Å². The molecule has 2 aliphatic heterocycles. The summed E-state index contributed by atoms with van der Waals surface area (Å²) in [5.74, 6) is 1.60. The van der Waals surface area contributed by atoms with E-state index in [1.165, 1.54) is 0 Å². The van der Waals surface area contributed by atoms with Crippen molar-refractivity contribution in [2.45, 2.75) is 25.2 Å². The van der Waals surface area contributed by atoms with Crippen LogP contribution in [0.1, 0.15) is 30.7 Å². The van der Waals surface area contributed by atoms with Gasteiger partial charge in [-0.2, -0.15) is 5.26 Å². The minimum atomic E-state index is -0.488. The predicted molar refractivity (Wildman–Crippen MR) is 121 cm³/mol. The molecule has 6 rings (SSSR count). The SMILES string of the molecule is N#CC1=C(n2cccc2)N(c2cccnc2)C2=C(C(=O)CCC2)C1c1ccc2c(c1)OCO2. The topological polar surface area (TPSA) is 80.4 Å². The van der Waals surface area contributed by atoms with E-state index in [1.807, 2.05) is 64.3 Å². The summed E-state index contributed by atoms with van der Waals surface area (Å²) < 4.78 is 13.0. The van der Waals surface area contributed by atoms with Gasteiger partial charge in [0.25, 0.3) is 0 Å². The summed E-state index contributed by atoms with van der Waals surface area (Å²) in [5.41, 5.74) is 3.76. The molecule has 0 saturated heterocycles. The zero-order chi connectivity index (χ0) is 22.4. The van der Waals surface area contributed by atoms with E-state index in [2.05, 4.69) is 11.1 Å². The molecule has 0 amide bonds. The first-order valence-electron chi connectivity index (χ1n) is 10.9. The van der Waals surface area contributed by atoms with Gasteiger partial charge in [-0.25, -0.2) is 0 Å². The fourth-order valence-corrected chi connectivity index (χ4v) is 4.96. The van der Waals surface area contributed by atoms with Crippen molar-refractivity contribution < 1.29 is 14.3 Å². The van der Waals surface area contributed by atoms with Crippen LogP contribution in [0.5, 0.6) is 11.5 Å². The molecule has 0 saturated carbocycles. The molecule has 1 unspecified atom stereocenters. The molecule has 1 aliphatic carbocycles. The van der Waals surface area contributed by atoms with Crippen LogP contribution in [0.2, 0.25) is 0 Å². The van der Waals surface area contributed by atoms with Gasteiger partial charge in [0.15, 0.2) is 17.3 Å². The summed E-state index contributed by atoms with van der Waals surface area (Å²) in [6.07, 6.45) is 9.30. The van der Waals surface area contributed by atoms with E-state index in [4.69, 9.17) is 9.47 Å². The second-order valence-corrected chi connectivity index (χ2v) is 8.17. The molecule has 1 atom stereocenters. The third-order valence-electron chi connectivity index (χ3n) is 6.33. The second kappa shape index (κ2) is 7.68. The first-order valence-corrected chi connectivity index (χ1v) is 10.9. The standard InChI is InChI=1S/C26H20N4O3/c27-14-19-24(17-8-9-22-23(13-17)33-16-32-22)25-20(6-3-7-21(25)31)30(18-5-4-10-28-15-18)26(19)29-11-1-2-12-29/h1-2,4-5,8-13,15,24H,3,6-7,16H2. The molecular weight excluding hydrogens is 416 g/mol. The van der Waals surface area contributed by atoms with E-state index in [9.17, 15) is 10.1 Å². The Morgan fingerprint density at radius 2 is 1.91 bits per heavy atom. The smallest absolute Gasteiger partial charge is 0.231 e. The number of benzene rings is 1. The van der Waals surface area contributed by atoms with Crippen LogP contribution in [0.3, 0.4) is 0 Å². The van der Waals surface area contributed by atoms with Crippen LogP contribution < -0.4 is 14.4 Å². The van der Waals surface area contributed by atoms with Crippen molar-refractivity contribution in [3.63, 3.8) is 0 Å². The van der Waals surface area contributed by atoms with Crippen LogP contribution in [-0.2, 0) is 4.79 Å². The minimum Gasteiger partial charge on any atom is -0.454 e. The number of anilines is 1. The highest BCUT2D eigenvalue weighted by atomic mass is 16.7. The highest BCUT2D eigenvalue weighted by molar-refractivity contribution is 6.03. The number of ether oxygens (including phenoxy) is 2. The molecular formula is C26H20N4O3. The molecule has 0 fully saturated rings. The quantitative estimate of drug-likeness (QED) is 0.596. The number of nitrogens with zero attached hydrogens (tertiary/aromatic N) is 4. The van der Waals surface area contributed by atoms with Crippen LogP contribution in [0.4, 0.5) is 5.69 Å². The molecule has 0 spiro atoms.